The van der Waals surface area contributed by atoms with Crippen LogP contribution in [0.3, 0.4) is 0 Å². The number of alkyl carbamates (subject to hydrolysis) is 1. The van der Waals surface area contributed by atoms with Crippen molar-refractivity contribution in [1.82, 2.24) is 5.32 Å². The van der Waals surface area contributed by atoms with Gasteiger partial charge in [-0.15, -0.1) is 6.58 Å². The molecule has 1 aromatic rings. The van der Waals surface area contributed by atoms with Gasteiger partial charge in [0.05, 0.1) is 6.10 Å². The van der Waals surface area contributed by atoms with Crippen molar-refractivity contribution in [2.75, 3.05) is 0 Å². The van der Waals surface area contributed by atoms with Crippen molar-refractivity contribution in [3.05, 3.63) is 48.0 Å². The second kappa shape index (κ2) is 8.94. The summed E-state index contributed by atoms with van der Waals surface area (Å²) >= 11 is 6.03. The number of hydrogen-bond donors (Lipinski definition) is 2. The first kappa shape index (κ1) is 19.5. The normalized spacial score (nSPS) is 14.0. The third-order valence-corrected chi connectivity index (χ3v) is 3.49. The summed E-state index contributed by atoms with van der Waals surface area (Å²) in [4.78, 5) is 11.6. The van der Waals surface area contributed by atoms with E-state index < -0.39 is 23.3 Å². The van der Waals surface area contributed by atoms with Gasteiger partial charge in [0.15, 0.2) is 0 Å². The molecule has 5 heteroatoms. The summed E-state index contributed by atoms with van der Waals surface area (Å²) in [7, 11) is 0. The molecular formula is C18H26ClNO3. The Bertz CT molecular complexity index is 525. The van der Waals surface area contributed by atoms with Gasteiger partial charge in [0.1, 0.15) is 11.1 Å². The standard InChI is InChI=1S/C18H26ClNO3/c1-5-7-13-8-6-9-14(12-13)10-11-15(21)16(19)20-17(22)23-18(2,3)4/h5-6,8-9,12,15-16,21H,1,7,10-11H2,2-4H3,(H,20,22). The zero-order chi connectivity index (χ0) is 17.5. The predicted molar refractivity (Wildman–Crippen MR) is 93.7 cm³/mol. The highest BCUT2D eigenvalue weighted by Crippen LogP contribution is 2.13. The molecule has 0 aliphatic rings. The number of halogens is 1. The average molecular weight is 340 g/mol. The molecule has 0 fully saturated rings. The van der Waals surface area contributed by atoms with Crippen LogP contribution in [0.4, 0.5) is 4.79 Å². The number of carbonyl (C=O) groups is 1. The highest BCUT2D eigenvalue weighted by Gasteiger charge is 2.22. The number of nitrogens with one attached hydrogen (secondary N) is 1. The van der Waals surface area contributed by atoms with Gasteiger partial charge in [0.2, 0.25) is 0 Å². The molecular weight excluding hydrogens is 314 g/mol. The Hall–Kier alpha value is -1.52. The van der Waals surface area contributed by atoms with Crippen LogP contribution in [-0.2, 0) is 17.6 Å². The number of carbonyl (C=O) groups excluding carboxylic acids is 1. The first-order chi connectivity index (χ1) is 10.7. The summed E-state index contributed by atoms with van der Waals surface area (Å²) < 4.78 is 5.11. The molecule has 0 spiro atoms. The van der Waals surface area contributed by atoms with E-state index in [-0.39, 0.29) is 0 Å². The molecule has 0 saturated carbocycles. The molecule has 0 aromatic heterocycles. The van der Waals surface area contributed by atoms with Gasteiger partial charge in [-0.1, -0.05) is 41.9 Å². The third-order valence-electron chi connectivity index (χ3n) is 3.09. The zero-order valence-electron chi connectivity index (χ0n) is 14.0. The number of aliphatic hydroxyl groups is 1. The Morgan fingerprint density at radius 2 is 2.09 bits per heavy atom. The van der Waals surface area contributed by atoms with E-state index in [1.54, 1.807) is 20.8 Å². The van der Waals surface area contributed by atoms with E-state index in [0.717, 1.165) is 12.0 Å². The highest BCUT2D eigenvalue weighted by molar-refractivity contribution is 6.21. The number of aryl methyl sites for hydroxylation is 1. The van der Waals surface area contributed by atoms with Crippen molar-refractivity contribution in [3.8, 4) is 0 Å². The van der Waals surface area contributed by atoms with Crippen LogP contribution in [-0.4, -0.2) is 28.4 Å². The van der Waals surface area contributed by atoms with Crippen LogP contribution in [0.15, 0.2) is 36.9 Å². The van der Waals surface area contributed by atoms with E-state index in [1.165, 1.54) is 5.56 Å². The van der Waals surface area contributed by atoms with Gasteiger partial charge in [0, 0.05) is 0 Å². The van der Waals surface area contributed by atoms with Crippen LogP contribution in [0.5, 0.6) is 0 Å². The molecule has 0 heterocycles. The molecule has 0 radical (unpaired) electrons. The second-order valence-electron chi connectivity index (χ2n) is 6.47. The van der Waals surface area contributed by atoms with Crippen LogP contribution >= 0.6 is 11.6 Å². The van der Waals surface area contributed by atoms with Crippen molar-refractivity contribution in [2.45, 2.75) is 57.2 Å². The Morgan fingerprint density at radius 3 is 2.70 bits per heavy atom. The van der Waals surface area contributed by atoms with Gasteiger partial charge in [-0.05, 0) is 51.2 Å². The summed E-state index contributed by atoms with van der Waals surface area (Å²) in [5.74, 6) is 0. The zero-order valence-corrected chi connectivity index (χ0v) is 14.8. The molecule has 2 unspecified atom stereocenters. The third kappa shape index (κ3) is 8.05. The molecule has 1 amide bonds. The van der Waals surface area contributed by atoms with E-state index >= 15 is 0 Å². The predicted octanol–water partition coefficient (Wildman–Crippen LogP) is 3.80. The molecule has 2 atom stereocenters. The van der Waals surface area contributed by atoms with E-state index in [4.69, 9.17) is 16.3 Å². The summed E-state index contributed by atoms with van der Waals surface area (Å²) in [6.07, 6.45) is 2.30. The average Bonchev–Trinajstić information content (AvgIpc) is 2.43. The highest BCUT2D eigenvalue weighted by atomic mass is 35.5. The minimum atomic E-state index is -0.888. The maximum atomic E-state index is 11.6. The molecule has 0 aliphatic carbocycles. The number of rotatable bonds is 7. The van der Waals surface area contributed by atoms with Crippen molar-refractivity contribution >= 4 is 17.7 Å². The van der Waals surface area contributed by atoms with Gasteiger partial charge < -0.3 is 15.2 Å². The number of alkyl halides is 1. The molecule has 23 heavy (non-hydrogen) atoms. The number of hydrogen-bond acceptors (Lipinski definition) is 3. The van der Waals surface area contributed by atoms with Crippen LogP contribution in [0.25, 0.3) is 0 Å². The first-order valence-electron chi connectivity index (χ1n) is 7.71. The maximum Gasteiger partial charge on any atom is 0.408 e. The van der Waals surface area contributed by atoms with E-state index in [9.17, 15) is 9.90 Å². The Labute approximate surface area is 143 Å². The summed E-state index contributed by atoms with van der Waals surface area (Å²) in [5, 5.41) is 12.5. The lowest BCUT2D eigenvalue weighted by atomic mass is 10.0. The number of benzene rings is 1. The monoisotopic (exact) mass is 339 g/mol. The van der Waals surface area contributed by atoms with Crippen molar-refractivity contribution < 1.29 is 14.6 Å². The van der Waals surface area contributed by atoms with Gasteiger partial charge in [-0.2, -0.15) is 0 Å². The SMILES string of the molecule is C=CCc1cccc(CCC(O)C(Cl)NC(=O)OC(C)(C)C)c1. The van der Waals surface area contributed by atoms with Gasteiger partial charge in [-0.25, -0.2) is 4.79 Å². The lowest BCUT2D eigenvalue weighted by molar-refractivity contribution is 0.0468. The largest absolute Gasteiger partial charge is 0.444 e. The number of amides is 1. The van der Waals surface area contributed by atoms with Crippen molar-refractivity contribution in [3.63, 3.8) is 0 Å². The van der Waals surface area contributed by atoms with Crippen LogP contribution in [0, 0.1) is 0 Å². The quantitative estimate of drug-likeness (QED) is 0.451. The van der Waals surface area contributed by atoms with Gasteiger partial charge in [0.25, 0.3) is 0 Å². The van der Waals surface area contributed by atoms with Crippen molar-refractivity contribution in [2.24, 2.45) is 0 Å². The Balaban J connectivity index is 2.46. The minimum absolute atomic E-state index is 0.446. The molecule has 1 aromatic carbocycles. The van der Waals surface area contributed by atoms with Crippen LogP contribution in [0.2, 0.25) is 0 Å². The number of allylic oxidation sites excluding steroid dienone is 1. The minimum Gasteiger partial charge on any atom is -0.444 e. The molecule has 1 rings (SSSR count). The smallest absolute Gasteiger partial charge is 0.408 e. The summed E-state index contributed by atoms with van der Waals surface area (Å²) in [6, 6.07) is 8.11. The van der Waals surface area contributed by atoms with Gasteiger partial charge >= 0.3 is 6.09 Å². The molecule has 2 N–H and O–H groups in total. The fraction of sp³-hybridized carbons (Fsp3) is 0.500. The van der Waals surface area contributed by atoms with Crippen molar-refractivity contribution in [1.29, 1.82) is 0 Å². The van der Waals surface area contributed by atoms with E-state index in [0.29, 0.717) is 12.8 Å². The lowest BCUT2D eigenvalue weighted by Gasteiger charge is -2.23. The summed E-state index contributed by atoms with van der Waals surface area (Å²) in [6.45, 7) is 9.03. The molecule has 128 valence electrons. The summed E-state index contributed by atoms with van der Waals surface area (Å²) in [5.41, 5.74) is 0.809. The molecule has 0 bridgehead atoms. The van der Waals surface area contributed by atoms with Gasteiger partial charge in [-0.3, -0.25) is 0 Å². The fourth-order valence-electron chi connectivity index (χ4n) is 2.06. The van der Waals surface area contributed by atoms with Crippen LogP contribution < -0.4 is 5.32 Å². The number of ether oxygens (including phenoxy) is 1. The lowest BCUT2D eigenvalue weighted by Crippen LogP contribution is -2.42. The Morgan fingerprint density at radius 1 is 1.43 bits per heavy atom. The topological polar surface area (TPSA) is 58.6 Å². The van der Waals surface area contributed by atoms with Crippen LogP contribution in [0.1, 0.15) is 38.3 Å². The van der Waals surface area contributed by atoms with E-state index in [2.05, 4.69) is 18.0 Å². The fourth-order valence-corrected chi connectivity index (χ4v) is 2.27. The van der Waals surface area contributed by atoms with E-state index in [1.807, 2.05) is 24.3 Å². The molecule has 4 nitrogen and oxygen atoms in total. The number of aliphatic hydroxyl groups excluding tert-OH is 1. The molecule has 0 saturated heterocycles. The molecule has 0 aliphatic heterocycles. The second-order valence-corrected chi connectivity index (χ2v) is 6.94. The Kier molecular flexibility index (Phi) is 7.59. The maximum absolute atomic E-state index is 11.6. The first-order valence-corrected chi connectivity index (χ1v) is 8.15.